The number of amides is 1. The fraction of sp³-hybridized carbons (Fsp3) is 0.533. The predicted molar refractivity (Wildman–Crippen MR) is 71.7 cm³/mol. The Hall–Kier alpha value is -1.51. The van der Waals surface area contributed by atoms with Crippen molar-refractivity contribution in [2.75, 3.05) is 0 Å². The molecule has 0 aromatic heterocycles. The Morgan fingerprint density at radius 1 is 1.22 bits per heavy atom. The van der Waals surface area contributed by atoms with E-state index < -0.39 is 0 Å². The van der Waals surface area contributed by atoms with Crippen molar-refractivity contribution >= 4 is 5.91 Å². The quantitative estimate of drug-likeness (QED) is 0.844. The maximum Gasteiger partial charge on any atom is 0.217 e. The van der Waals surface area contributed by atoms with Crippen LogP contribution in [-0.4, -0.2) is 11.0 Å². The van der Waals surface area contributed by atoms with Gasteiger partial charge < -0.3 is 10.4 Å². The molecule has 0 bridgehead atoms. The third-order valence-electron chi connectivity index (χ3n) is 4.65. The molecule has 0 aliphatic heterocycles. The van der Waals surface area contributed by atoms with E-state index >= 15 is 0 Å². The molecule has 3 nitrogen and oxygen atoms in total. The topological polar surface area (TPSA) is 49.3 Å². The lowest BCUT2D eigenvalue weighted by atomic mass is 9.49. The molecule has 0 atom stereocenters. The Morgan fingerprint density at radius 2 is 1.83 bits per heavy atom. The van der Waals surface area contributed by atoms with Gasteiger partial charge in [-0.2, -0.15) is 0 Å². The fourth-order valence-corrected chi connectivity index (χ4v) is 2.74. The summed E-state index contributed by atoms with van der Waals surface area (Å²) >= 11 is 0. The van der Waals surface area contributed by atoms with Crippen LogP contribution in [0.3, 0.4) is 0 Å². The van der Waals surface area contributed by atoms with E-state index in [1.807, 2.05) is 6.07 Å². The molecule has 1 aliphatic carbocycles. The summed E-state index contributed by atoms with van der Waals surface area (Å²) in [6.45, 7) is 10.6. The van der Waals surface area contributed by atoms with E-state index in [2.05, 4.69) is 39.1 Å². The molecule has 0 unspecified atom stereocenters. The number of phenols is 1. The van der Waals surface area contributed by atoms with Crippen molar-refractivity contribution in [2.24, 2.45) is 0 Å². The molecular formula is C15H21NO2. The Bertz CT molecular complexity index is 515. The van der Waals surface area contributed by atoms with Crippen LogP contribution in [0.25, 0.3) is 0 Å². The monoisotopic (exact) mass is 247 g/mol. The molecule has 1 amide bonds. The highest BCUT2D eigenvalue weighted by Gasteiger charge is 2.53. The number of hydrogen-bond acceptors (Lipinski definition) is 2. The summed E-state index contributed by atoms with van der Waals surface area (Å²) in [5.41, 5.74) is 3.05. The molecule has 0 saturated carbocycles. The van der Waals surface area contributed by atoms with Gasteiger partial charge in [-0.15, -0.1) is 0 Å². The van der Waals surface area contributed by atoms with E-state index in [4.69, 9.17) is 0 Å². The first-order valence-corrected chi connectivity index (χ1v) is 6.30. The van der Waals surface area contributed by atoms with E-state index in [9.17, 15) is 9.90 Å². The number of carbonyl (C=O) groups is 1. The average molecular weight is 247 g/mol. The summed E-state index contributed by atoms with van der Waals surface area (Å²) in [5.74, 6) is 0.252. The lowest BCUT2D eigenvalue weighted by Crippen LogP contribution is -2.51. The molecule has 2 N–H and O–H groups in total. The molecule has 0 fully saturated rings. The highest BCUT2D eigenvalue weighted by molar-refractivity contribution is 5.73. The van der Waals surface area contributed by atoms with Crippen LogP contribution in [0.2, 0.25) is 0 Å². The molecule has 0 radical (unpaired) electrons. The van der Waals surface area contributed by atoms with Crippen molar-refractivity contribution in [3.8, 4) is 5.75 Å². The Kier molecular flexibility index (Phi) is 2.69. The molecule has 1 aliphatic rings. The third kappa shape index (κ3) is 1.53. The largest absolute Gasteiger partial charge is 0.507 e. The van der Waals surface area contributed by atoms with Gasteiger partial charge in [-0.3, -0.25) is 4.79 Å². The van der Waals surface area contributed by atoms with Gasteiger partial charge in [0, 0.05) is 30.0 Å². The van der Waals surface area contributed by atoms with Crippen molar-refractivity contribution in [1.82, 2.24) is 5.32 Å². The number of hydrogen-bond donors (Lipinski definition) is 2. The lowest BCUT2D eigenvalue weighted by molar-refractivity contribution is -0.119. The number of rotatable bonds is 2. The Labute approximate surface area is 108 Å². The van der Waals surface area contributed by atoms with Crippen molar-refractivity contribution in [1.29, 1.82) is 0 Å². The van der Waals surface area contributed by atoms with Crippen LogP contribution >= 0.6 is 0 Å². The van der Waals surface area contributed by atoms with Crippen LogP contribution in [-0.2, 0) is 22.2 Å². The second-order valence-electron chi connectivity index (χ2n) is 6.16. The third-order valence-corrected chi connectivity index (χ3v) is 4.65. The molecule has 3 heteroatoms. The maximum absolute atomic E-state index is 10.9. The van der Waals surface area contributed by atoms with Gasteiger partial charge in [-0.05, 0) is 11.0 Å². The Balaban J connectivity index is 2.41. The first-order chi connectivity index (χ1) is 8.19. The molecular weight excluding hydrogens is 226 g/mol. The fourth-order valence-electron chi connectivity index (χ4n) is 2.74. The standard InChI is InChI=1S/C15H21NO2/c1-9(17)16-8-10-6-7-11-12(13(10)18)15(4,5)14(11,2)3/h6-7,18H,8H2,1-5H3,(H,16,17). The smallest absolute Gasteiger partial charge is 0.217 e. The zero-order valence-corrected chi connectivity index (χ0v) is 11.7. The lowest BCUT2D eigenvalue weighted by Gasteiger charge is -2.54. The molecule has 1 aromatic carbocycles. The maximum atomic E-state index is 10.9. The predicted octanol–water partition coefficient (Wildman–Crippen LogP) is 2.60. The minimum Gasteiger partial charge on any atom is -0.507 e. The summed E-state index contributed by atoms with van der Waals surface area (Å²) in [6, 6.07) is 3.97. The normalized spacial score (nSPS) is 18.7. The van der Waals surface area contributed by atoms with Crippen LogP contribution in [0.4, 0.5) is 0 Å². The van der Waals surface area contributed by atoms with Crippen LogP contribution < -0.4 is 5.32 Å². The van der Waals surface area contributed by atoms with Crippen molar-refractivity contribution < 1.29 is 9.90 Å². The van der Waals surface area contributed by atoms with E-state index in [1.54, 1.807) is 0 Å². The zero-order valence-electron chi connectivity index (χ0n) is 11.7. The average Bonchev–Trinajstić information content (AvgIpc) is 2.26. The SMILES string of the molecule is CC(=O)NCc1ccc2c(c1O)C(C)(C)C2(C)C. The molecule has 0 heterocycles. The van der Waals surface area contributed by atoms with Gasteiger partial charge in [0.15, 0.2) is 0 Å². The van der Waals surface area contributed by atoms with Crippen LogP contribution in [0.15, 0.2) is 12.1 Å². The highest BCUT2D eigenvalue weighted by atomic mass is 16.3. The van der Waals surface area contributed by atoms with Crippen LogP contribution in [0.1, 0.15) is 51.3 Å². The first-order valence-electron chi connectivity index (χ1n) is 6.30. The van der Waals surface area contributed by atoms with Gasteiger partial charge in [0.1, 0.15) is 5.75 Å². The van der Waals surface area contributed by atoms with Gasteiger partial charge >= 0.3 is 0 Å². The molecule has 18 heavy (non-hydrogen) atoms. The van der Waals surface area contributed by atoms with E-state index in [-0.39, 0.29) is 16.7 Å². The van der Waals surface area contributed by atoms with E-state index in [1.165, 1.54) is 12.5 Å². The summed E-state index contributed by atoms with van der Waals surface area (Å²) in [7, 11) is 0. The molecule has 98 valence electrons. The molecule has 1 aromatic rings. The number of phenolic OH excluding ortho intramolecular Hbond substituents is 1. The minimum absolute atomic E-state index is 0.0430. The second-order valence-corrected chi connectivity index (χ2v) is 6.16. The van der Waals surface area contributed by atoms with Gasteiger partial charge in [0.05, 0.1) is 0 Å². The summed E-state index contributed by atoms with van der Waals surface area (Å²) in [4.78, 5) is 10.9. The Morgan fingerprint density at radius 3 is 2.39 bits per heavy atom. The number of nitrogens with one attached hydrogen (secondary N) is 1. The van der Waals surface area contributed by atoms with Gasteiger partial charge in [-0.25, -0.2) is 0 Å². The molecule has 0 saturated heterocycles. The summed E-state index contributed by atoms with van der Waals surface area (Å²) in [6.07, 6.45) is 0. The zero-order chi connectivity index (χ0) is 13.7. The minimum atomic E-state index is -0.0864. The van der Waals surface area contributed by atoms with E-state index in [0.717, 1.165) is 11.1 Å². The van der Waals surface area contributed by atoms with Gasteiger partial charge in [0.25, 0.3) is 0 Å². The first kappa shape index (κ1) is 12.9. The van der Waals surface area contributed by atoms with Crippen molar-refractivity contribution in [3.05, 3.63) is 28.8 Å². The van der Waals surface area contributed by atoms with Crippen LogP contribution in [0.5, 0.6) is 5.75 Å². The number of fused-ring (bicyclic) bond motifs is 1. The summed E-state index contributed by atoms with van der Waals surface area (Å²) < 4.78 is 0. The van der Waals surface area contributed by atoms with Crippen molar-refractivity contribution in [3.63, 3.8) is 0 Å². The number of carbonyl (C=O) groups excluding carboxylic acids is 1. The second kappa shape index (κ2) is 3.74. The number of aromatic hydroxyl groups is 1. The summed E-state index contributed by atoms with van der Waals surface area (Å²) in [5, 5.41) is 13.1. The van der Waals surface area contributed by atoms with Crippen molar-refractivity contribution in [2.45, 2.75) is 52.0 Å². The highest BCUT2D eigenvalue weighted by Crippen LogP contribution is 2.59. The van der Waals surface area contributed by atoms with Crippen LogP contribution in [0, 0.1) is 0 Å². The van der Waals surface area contributed by atoms with Gasteiger partial charge in [-0.1, -0.05) is 39.8 Å². The molecule has 2 rings (SSSR count). The van der Waals surface area contributed by atoms with Gasteiger partial charge in [0.2, 0.25) is 5.91 Å². The van der Waals surface area contributed by atoms with E-state index in [0.29, 0.717) is 12.3 Å². The molecule has 0 spiro atoms. The number of benzene rings is 1.